The molecule has 2 nitrogen and oxygen atoms in total. The molecule has 0 heterocycles. The lowest BCUT2D eigenvalue weighted by atomic mass is 10.0. The van der Waals surface area contributed by atoms with Crippen molar-refractivity contribution in [2.75, 3.05) is 0 Å². The molecule has 1 atom stereocenters. The maximum Gasteiger partial charge on any atom is 0.387 e. The summed E-state index contributed by atoms with van der Waals surface area (Å²) in [5.74, 6) is 0.0566. The predicted octanol–water partition coefficient (Wildman–Crippen LogP) is 3.51. The molecule has 0 aromatic heterocycles. The summed E-state index contributed by atoms with van der Waals surface area (Å²) in [6.07, 6.45) is 1.62. The van der Waals surface area contributed by atoms with Crippen LogP contribution in [0.3, 0.4) is 0 Å². The van der Waals surface area contributed by atoms with Gasteiger partial charge in [0.25, 0.3) is 0 Å². The highest BCUT2D eigenvalue weighted by Gasteiger charge is 2.15. The lowest BCUT2D eigenvalue weighted by Crippen LogP contribution is -2.07. The second-order valence-electron chi connectivity index (χ2n) is 3.57. The van der Waals surface area contributed by atoms with E-state index in [1.54, 1.807) is 18.2 Å². The van der Waals surface area contributed by atoms with Crippen LogP contribution in [0.2, 0.25) is 0 Å². The van der Waals surface area contributed by atoms with Gasteiger partial charge in [0.15, 0.2) is 0 Å². The lowest BCUT2D eigenvalue weighted by molar-refractivity contribution is -0.0516. The number of aliphatic hydroxyl groups excluding tert-OH is 1. The quantitative estimate of drug-likeness (QED) is 0.810. The summed E-state index contributed by atoms with van der Waals surface area (Å²) in [6.45, 7) is -0.853. The summed E-state index contributed by atoms with van der Waals surface area (Å²) in [7, 11) is 0. The van der Waals surface area contributed by atoms with Crippen LogP contribution in [-0.4, -0.2) is 11.7 Å². The largest absolute Gasteiger partial charge is 0.434 e. The average Bonchev–Trinajstić information content (AvgIpc) is 2.26. The van der Waals surface area contributed by atoms with E-state index in [0.717, 1.165) is 12.8 Å². The van der Waals surface area contributed by atoms with Gasteiger partial charge in [-0.2, -0.15) is 8.78 Å². The van der Waals surface area contributed by atoms with E-state index in [9.17, 15) is 13.9 Å². The van der Waals surface area contributed by atoms with Gasteiger partial charge in [-0.25, -0.2) is 0 Å². The first-order valence-corrected chi connectivity index (χ1v) is 5.37. The number of alkyl halides is 2. The maximum absolute atomic E-state index is 12.1. The zero-order valence-electron chi connectivity index (χ0n) is 9.20. The minimum absolute atomic E-state index is 0.0566. The van der Waals surface area contributed by atoms with Crippen molar-refractivity contribution in [2.45, 2.75) is 38.9 Å². The molecule has 0 aliphatic carbocycles. The van der Waals surface area contributed by atoms with Crippen LogP contribution in [0, 0.1) is 0 Å². The van der Waals surface area contributed by atoms with E-state index in [0.29, 0.717) is 12.0 Å². The Kier molecular flexibility index (Phi) is 5.19. The van der Waals surface area contributed by atoms with Crippen molar-refractivity contribution in [3.8, 4) is 5.75 Å². The van der Waals surface area contributed by atoms with Crippen LogP contribution in [0.4, 0.5) is 8.78 Å². The van der Waals surface area contributed by atoms with Crippen molar-refractivity contribution in [1.82, 2.24) is 0 Å². The van der Waals surface area contributed by atoms with Gasteiger partial charge in [-0.15, -0.1) is 0 Å². The van der Waals surface area contributed by atoms with Crippen LogP contribution in [0.5, 0.6) is 5.75 Å². The molecule has 0 spiro atoms. The number of para-hydroxylation sites is 1. The van der Waals surface area contributed by atoms with Crippen LogP contribution >= 0.6 is 0 Å². The number of hydrogen-bond acceptors (Lipinski definition) is 2. The van der Waals surface area contributed by atoms with Gasteiger partial charge in [0.2, 0.25) is 0 Å². The second-order valence-corrected chi connectivity index (χ2v) is 3.57. The topological polar surface area (TPSA) is 29.5 Å². The molecule has 1 aromatic rings. The summed E-state index contributed by atoms with van der Waals surface area (Å²) in [6, 6.07) is 6.35. The molecule has 0 aliphatic heterocycles. The highest BCUT2D eigenvalue weighted by molar-refractivity contribution is 5.35. The molecule has 0 amide bonds. The zero-order chi connectivity index (χ0) is 12.0. The van der Waals surface area contributed by atoms with Gasteiger partial charge in [-0.3, -0.25) is 0 Å². The maximum atomic E-state index is 12.1. The smallest absolute Gasteiger partial charge is 0.387 e. The fourth-order valence-corrected chi connectivity index (χ4v) is 1.51. The van der Waals surface area contributed by atoms with Gasteiger partial charge in [0.05, 0.1) is 6.10 Å². The zero-order valence-corrected chi connectivity index (χ0v) is 9.20. The van der Waals surface area contributed by atoms with Gasteiger partial charge in [0, 0.05) is 5.56 Å². The van der Waals surface area contributed by atoms with Gasteiger partial charge in [-0.1, -0.05) is 38.0 Å². The van der Waals surface area contributed by atoms with E-state index in [1.807, 2.05) is 6.92 Å². The minimum Gasteiger partial charge on any atom is -0.434 e. The van der Waals surface area contributed by atoms with Crippen molar-refractivity contribution < 1.29 is 18.6 Å². The minimum atomic E-state index is -2.86. The number of ether oxygens (including phenoxy) is 1. The van der Waals surface area contributed by atoms with Gasteiger partial charge in [0.1, 0.15) is 5.75 Å². The molecule has 1 N–H and O–H groups in total. The first kappa shape index (κ1) is 12.9. The Morgan fingerprint density at radius 1 is 1.31 bits per heavy atom. The van der Waals surface area contributed by atoms with E-state index in [1.165, 1.54) is 6.07 Å². The molecule has 16 heavy (non-hydrogen) atoms. The molecular weight excluding hydrogens is 214 g/mol. The number of benzene rings is 1. The molecule has 0 fully saturated rings. The van der Waals surface area contributed by atoms with Crippen LogP contribution in [-0.2, 0) is 0 Å². The SMILES string of the molecule is CCCCC(O)c1ccccc1OC(F)F. The van der Waals surface area contributed by atoms with E-state index < -0.39 is 12.7 Å². The van der Waals surface area contributed by atoms with Crippen molar-refractivity contribution in [1.29, 1.82) is 0 Å². The number of rotatable bonds is 6. The Morgan fingerprint density at radius 2 is 2.00 bits per heavy atom. The molecule has 0 radical (unpaired) electrons. The van der Waals surface area contributed by atoms with Crippen LogP contribution in [0.15, 0.2) is 24.3 Å². The predicted molar refractivity (Wildman–Crippen MR) is 57.6 cm³/mol. The Morgan fingerprint density at radius 3 is 2.62 bits per heavy atom. The van der Waals surface area contributed by atoms with E-state index >= 15 is 0 Å². The summed E-state index contributed by atoms with van der Waals surface area (Å²) in [4.78, 5) is 0. The molecule has 0 saturated heterocycles. The summed E-state index contributed by atoms with van der Waals surface area (Å²) < 4.78 is 28.6. The second kappa shape index (κ2) is 6.43. The summed E-state index contributed by atoms with van der Waals surface area (Å²) in [5, 5.41) is 9.82. The van der Waals surface area contributed by atoms with Gasteiger partial charge >= 0.3 is 6.61 Å². The summed E-state index contributed by atoms with van der Waals surface area (Å²) >= 11 is 0. The number of unbranched alkanes of at least 4 members (excludes halogenated alkanes) is 1. The van der Waals surface area contributed by atoms with Crippen LogP contribution < -0.4 is 4.74 Å². The third-order valence-electron chi connectivity index (χ3n) is 2.33. The third-order valence-corrected chi connectivity index (χ3v) is 2.33. The van der Waals surface area contributed by atoms with Crippen molar-refractivity contribution in [3.63, 3.8) is 0 Å². The van der Waals surface area contributed by atoms with Crippen LogP contribution in [0.25, 0.3) is 0 Å². The average molecular weight is 230 g/mol. The first-order chi connectivity index (χ1) is 7.65. The number of hydrogen-bond donors (Lipinski definition) is 1. The Bertz CT molecular complexity index is 316. The van der Waals surface area contributed by atoms with E-state index in [2.05, 4.69) is 4.74 Å². The number of aliphatic hydroxyl groups is 1. The van der Waals surface area contributed by atoms with Crippen LogP contribution in [0.1, 0.15) is 37.9 Å². The fourth-order valence-electron chi connectivity index (χ4n) is 1.51. The summed E-state index contributed by atoms with van der Waals surface area (Å²) in [5.41, 5.74) is 0.427. The van der Waals surface area contributed by atoms with Gasteiger partial charge in [-0.05, 0) is 12.5 Å². The molecule has 0 bridgehead atoms. The molecule has 4 heteroatoms. The molecular formula is C12H16F2O2. The highest BCUT2D eigenvalue weighted by Crippen LogP contribution is 2.29. The highest BCUT2D eigenvalue weighted by atomic mass is 19.3. The third kappa shape index (κ3) is 3.77. The number of halogens is 2. The van der Waals surface area contributed by atoms with Crippen molar-refractivity contribution in [2.24, 2.45) is 0 Å². The van der Waals surface area contributed by atoms with Crippen molar-refractivity contribution in [3.05, 3.63) is 29.8 Å². The Labute approximate surface area is 93.9 Å². The monoisotopic (exact) mass is 230 g/mol. The fraction of sp³-hybridized carbons (Fsp3) is 0.500. The first-order valence-electron chi connectivity index (χ1n) is 5.37. The Balaban J connectivity index is 2.76. The molecule has 90 valence electrons. The van der Waals surface area contributed by atoms with E-state index in [-0.39, 0.29) is 5.75 Å². The molecule has 1 aromatic carbocycles. The molecule has 1 rings (SSSR count). The van der Waals surface area contributed by atoms with Gasteiger partial charge < -0.3 is 9.84 Å². The molecule has 1 unspecified atom stereocenters. The van der Waals surface area contributed by atoms with E-state index in [4.69, 9.17) is 0 Å². The molecule has 0 saturated carbocycles. The standard InChI is InChI=1S/C12H16F2O2/c1-2-3-7-10(15)9-6-4-5-8-11(9)16-12(13)14/h4-6,8,10,12,15H,2-3,7H2,1H3. The van der Waals surface area contributed by atoms with Crippen molar-refractivity contribution >= 4 is 0 Å². The molecule has 0 aliphatic rings. The Hall–Kier alpha value is -1.16. The lowest BCUT2D eigenvalue weighted by Gasteiger charge is -2.15. The normalized spacial score (nSPS) is 12.8.